The minimum atomic E-state index is -0.390. The molecular formula is C61H36N2O. The molecule has 3 heteroatoms. The smallest absolute Gasteiger partial charge is 0.231 e. The standard InChI is InChI=1S/C61H36N2O/c1-3-14-39-33-45(26-24-37(39)12-1)58-57-51-35-43(29-31-56(51)64-60(57)63-59(62-58)46-27-25-38-13-2-4-15-40(38)34-46)41-16-11-17-42(32-41)44-28-30-50-49-20-7-10-23-54(49)61(55(50)36-44)52-21-8-5-18-47(52)48-19-6-9-22-53(48)61/h1-36H. The van der Waals surface area contributed by atoms with Crippen molar-refractivity contribution in [3.05, 3.63) is 241 Å². The van der Waals surface area contributed by atoms with E-state index in [1.807, 2.05) is 0 Å². The summed E-state index contributed by atoms with van der Waals surface area (Å²) < 4.78 is 6.65. The van der Waals surface area contributed by atoms with E-state index >= 15 is 0 Å². The van der Waals surface area contributed by atoms with Crippen molar-refractivity contribution in [1.82, 2.24) is 9.97 Å². The Hall–Kier alpha value is -8.40. The van der Waals surface area contributed by atoms with Crippen LogP contribution in [0.2, 0.25) is 0 Å². The number of hydrogen-bond donors (Lipinski definition) is 0. The average molecular weight is 813 g/mol. The molecule has 0 bridgehead atoms. The molecule has 0 aliphatic heterocycles. The summed E-state index contributed by atoms with van der Waals surface area (Å²) in [4.78, 5) is 10.5. The topological polar surface area (TPSA) is 38.9 Å². The van der Waals surface area contributed by atoms with Gasteiger partial charge in [0.1, 0.15) is 5.58 Å². The molecule has 64 heavy (non-hydrogen) atoms. The first kappa shape index (κ1) is 35.2. The van der Waals surface area contributed by atoms with Gasteiger partial charge in [-0.25, -0.2) is 4.98 Å². The van der Waals surface area contributed by atoms with Crippen LogP contribution in [-0.2, 0) is 5.41 Å². The second-order valence-corrected chi connectivity index (χ2v) is 17.2. The lowest BCUT2D eigenvalue weighted by Gasteiger charge is -2.30. The number of nitrogens with zero attached hydrogens (tertiary/aromatic N) is 2. The van der Waals surface area contributed by atoms with Crippen LogP contribution in [0.15, 0.2) is 223 Å². The maximum Gasteiger partial charge on any atom is 0.231 e. The summed E-state index contributed by atoms with van der Waals surface area (Å²) in [6.45, 7) is 0. The molecule has 2 aromatic heterocycles. The van der Waals surface area contributed by atoms with Gasteiger partial charge in [0, 0.05) is 16.5 Å². The predicted molar refractivity (Wildman–Crippen MR) is 262 cm³/mol. The second-order valence-electron chi connectivity index (χ2n) is 17.2. The van der Waals surface area contributed by atoms with E-state index in [2.05, 4.69) is 218 Å². The van der Waals surface area contributed by atoms with Crippen LogP contribution in [0.25, 0.3) is 111 Å². The maximum atomic E-state index is 6.65. The van der Waals surface area contributed by atoms with Gasteiger partial charge in [-0.15, -0.1) is 0 Å². The molecule has 0 amide bonds. The van der Waals surface area contributed by atoms with E-state index in [9.17, 15) is 0 Å². The molecule has 2 heterocycles. The Bertz CT molecular complexity index is 3870. The second kappa shape index (κ2) is 13.3. The predicted octanol–water partition coefficient (Wildman–Crippen LogP) is 15.7. The molecule has 3 nitrogen and oxygen atoms in total. The van der Waals surface area contributed by atoms with Crippen molar-refractivity contribution < 1.29 is 4.42 Å². The lowest BCUT2D eigenvalue weighted by atomic mass is 9.70. The Morgan fingerprint density at radius 2 is 0.828 bits per heavy atom. The minimum Gasteiger partial charge on any atom is -0.438 e. The van der Waals surface area contributed by atoms with Crippen LogP contribution in [0, 0.1) is 0 Å². The molecular weight excluding hydrogens is 777 g/mol. The van der Waals surface area contributed by atoms with Gasteiger partial charge in [-0.1, -0.05) is 182 Å². The fourth-order valence-electron chi connectivity index (χ4n) is 11.0. The van der Waals surface area contributed by atoms with Gasteiger partial charge >= 0.3 is 0 Å². The average Bonchev–Trinajstić information content (AvgIpc) is 3.99. The summed E-state index contributed by atoms with van der Waals surface area (Å²) in [6.07, 6.45) is 0. The molecule has 0 N–H and O–H groups in total. The van der Waals surface area contributed by atoms with Crippen LogP contribution < -0.4 is 0 Å². The van der Waals surface area contributed by atoms with Gasteiger partial charge in [-0.2, -0.15) is 4.98 Å². The van der Waals surface area contributed by atoms with Crippen molar-refractivity contribution in [2.24, 2.45) is 0 Å². The van der Waals surface area contributed by atoms with Gasteiger partial charge in [-0.3, -0.25) is 0 Å². The van der Waals surface area contributed by atoms with Gasteiger partial charge in [-0.05, 0) is 125 Å². The molecule has 1 spiro atoms. The van der Waals surface area contributed by atoms with Crippen LogP contribution in [0.3, 0.4) is 0 Å². The fraction of sp³-hybridized carbons (Fsp3) is 0.0164. The van der Waals surface area contributed by atoms with Crippen molar-refractivity contribution in [3.63, 3.8) is 0 Å². The lowest BCUT2D eigenvalue weighted by Crippen LogP contribution is -2.25. The molecule has 12 aromatic rings. The SMILES string of the molecule is c1cc(-c2ccc3c(c2)C2(c4ccccc4-c4ccccc42)c2ccccc2-3)cc(-c2ccc3oc4nc(-c5ccc6ccccc6c5)nc(-c5ccc6ccccc6c5)c4c3c2)c1. The molecule has 0 saturated heterocycles. The van der Waals surface area contributed by atoms with Crippen LogP contribution in [0.4, 0.5) is 0 Å². The lowest BCUT2D eigenvalue weighted by molar-refractivity contribution is 0.653. The Labute approximate surface area is 369 Å². The molecule has 10 aromatic carbocycles. The van der Waals surface area contributed by atoms with Crippen LogP contribution >= 0.6 is 0 Å². The summed E-state index contributed by atoms with van der Waals surface area (Å²) in [5.74, 6) is 0.636. The maximum absolute atomic E-state index is 6.65. The molecule has 296 valence electrons. The van der Waals surface area contributed by atoms with Crippen LogP contribution in [0.5, 0.6) is 0 Å². The Morgan fingerprint density at radius 3 is 1.48 bits per heavy atom. The molecule has 0 saturated carbocycles. The van der Waals surface area contributed by atoms with E-state index in [0.29, 0.717) is 11.5 Å². The van der Waals surface area contributed by atoms with Crippen LogP contribution in [-0.4, -0.2) is 9.97 Å². The summed E-state index contributed by atoms with van der Waals surface area (Å²) in [5, 5.41) is 6.57. The van der Waals surface area contributed by atoms with E-state index < -0.39 is 0 Å². The van der Waals surface area contributed by atoms with E-state index in [1.54, 1.807) is 0 Å². The number of hydrogen-bond acceptors (Lipinski definition) is 3. The largest absolute Gasteiger partial charge is 0.438 e. The van der Waals surface area contributed by atoms with Gasteiger partial charge in [0.05, 0.1) is 16.5 Å². The first-order valence-electron chi connectivity index (χ1n) is 22.0. The highest BCUT2D eigenvalue weighted by Gasteiger charge is 2.51. The molecule has 14 rings (SSSR count). The third-order valence-electron chi connectivity index (χ3n) is 13.9. The summed E-state index contributed by atoms with van der Waals surface area (Å²) >= 11 is 0. The van der Waals surface area contributed by atoms with E-state index in [4.69, 9.17) is 14.4 Å². The van der Waals surface area contributed by atoms with E-state index in [0.717, 1.165) is 55.1 Å². The highest BCUT2D eigenvalue weighted by atomic mass is 16.3. The van der Waals surface area contributed by atoms with Gasteiger partial charge < -0.3 is 4.42 Å². The summed E-state index contributed by atoms with van der Waals surface area (Å²) in [7, 11) is 0. The third kappa shape index (κ3) is 4.98. The van der Waals surface area contributed by atoms with Crippen molar-refractivity contribution in [1.29, 1.82) is 0 Å². The Balaban J connectivity index is 0.924. The molecule has 0 fully saturated rings. The zero-order valence-corrected chi connectivity index (χ0v) is 34.6. The Morgan fingerprint density at radius 1 is 0.328 bits per heavy atom. The molecule has 2 aliphatic rings. The van der Waals surface area contributed by atoms with E-state index in [1.165, 1.54) is 66.4 Å². The van der Waals surface area contributed by atoms with Crippen LogP contribution in [0.1, 0.15) is 22.3 Å². The van der Waals surface area contributed by atoms with Gasteiger partial charge in [0.25, 0.3) is 0 Å². The quantitative estimate of drug-likeness (QED) is 0.178. The number of furan rings is 1. The van der Waals surface area contributed by atoms with Crippen molar-refractivity contribution in [3.8, 4) is 67.2 Å². The first-order valence-corrected chi connectivity index (χ1v) is 22.0. The highest BCUT2D eigenvalue weighted by Crippen LogP contribution is 2.63. The van der Waals surface area contributed by atoms with Gasteiger partial charge in [0.2, 0.25) is 5.71 Å². The minimum absolute atomic E-state index is 0.390. The number of rotatable bonds is 4. The summed E-state index contributed by atoms with van der Waals surface area (Å²) in [5.41, 5.74) is 19.0. The summed E-state index contributed by atoms with van der Waals surface area (Å²) in [6, 6.07) is 79.4. The van der Waals surface area contributed by atoms with E-state index in [-0.39, 0.29) is 5.41 Å². The molecule has 0 radical (unpaired) electrons. The van der Waals surface area contributed by atoms with Crippen molar-refractivity contribution >= 4 is 43.6 Å². The van der Waals surface area contributed by atoms with Crippen molar-refractivity contribution in [2.75, 3.05) is 0 Å². The molecule has 2 aliphatic carbocycles. The monoisotopic (exact) mass is 812 g/mol. The Kier molecular flexibility index (Phi) is 7.32. The number of benzene rings is 10. The molecule has 0 unspecified atom stereocenters. The number of aromatic nitrogens is 2. The first-order chi connectivity index (χ1) is 31.7. The van der Waals surface area contributed by atoms with Gasteiger partial charge in [0.15, 0.2) is 5.82 Å². The van der Waals surface area contributed by atoms with Crippen molar-refractivity contribution in [2.45, 2.75) is 5.41 Å². The number of fused-ring (bicyclic) bond motifs is 15. The highest BCUT2D eigenvalue weighted by molar-refractivity contribution is 6.12. The normalized spacial score (nSPS) is 13.1. The fourth-order valence-corrected chi connectivity index (χ4v) is 11.0. The zero-order chi connectivity index (χ0) is 41.9. The zero-order valence-electron chi connectivity index (χ0n) is 34.6. The third-order valence-corrected chi connectivity index (χ3v) is 13.9. The molecule has 0 atom stereocenters.